The Morgan fingerprint density at radius 3 is 1.02 bits per heavy atom. The van der Waals surface area contributed by atoms with Crippen molar-refractivity contribution in [1.82, 2.24) is 0 Å². The van der Waals surface area contributed by atoms with Gasteiger partial charge in [-0.15, -0.1) is 0 Å². The number of hydrogen-bond acceptors (Lipinski definition) is 9. The number of rotatable bonds is 12. The highest BCUT2D eigenvalue weighted by Crippen LogP contribution is 2.44. The fourth-order valence-corrected chi connectivity index (χ4v) is 10.5. The SMILES string of the molecule is CC(C)(C)C1CCCC(C(=O)OCCO)C1.CCCOC(=O)C1CCCC(C(C)(C)C)C1.CCCOC(=O)C1CCCCC1C(C)(C)C.CCCOC(=O)C1CCCCC1C(C)(C)C. The molecule has 9 nitrogen and oxygen atoms in total. The van der Waals surface area contributed by atoms with Gasteiger partial charge < -0.3 is 24.1 Å². The highest BCUT2D eigenvalue weighted by Gasteiger charge is 2.40. The minimum atomic E-state index is -0.122. The predicted octanol–water partition coefficient (Wildman–Crippen LogP) is 13.8. The Morgan fingerprint density at radius 2 is 0.719 bits per heavy atom. The summed E-state index contributed by atoms with van der Waals surface area (Å²) in [5, 5.41) is 8.62. The van der Waals surface area contributed by atoms with E-state index in [1.54, 1.807) is 0 Å². The molecule has 0 radical (unpaired) electrons. The zero-order valence-corrected chi connectivity index (χ0v) is 44.3. The van der Waals surface area contributed by atoms with Crippen LogP contribution in [0.15, 0.2) is 0 Å². The first kappa shape index (κ1) is 59.9. The van der Waals surface area contributed by atoms with E-state index in [1.165, 1.54) is 57.8 Å². The Hall–Kier alpha value is -2.16. The average molecular weight is 907 g/mol. The molecule has 0 heterocycles. The lowest BCUT2D eigenvalue weighted by Crippen LogP contribution is -2.36. The number of hydrogen-bond donors (Lipinski definition) is 1. The molecule has 64 heavy (non-hydrogen) atoms. The first-order valence-corrected chi connectivity index (χ1v) is 26.1. The third-order valence-electron chi connectivity index (χ3n) is 14.5. The van der Waals surface area contributed by atoms with Crippen molar-refractivity contribution in [3.05, 3.63) is 0 Å². The molecule has 4 rings (SSSR count). The van der Waals surface area contributed by atoms with Gasteiger partial charge in [0.1, 0.15) is 6.61 Å². The number of carbonyl (C=O) groups is 4. The predicted molar refractivity (Wildman–Crippen MR) is 261 cm³/mol. The second kappa shape index (κ2) is 29.6. The summed E-state index contributed by atoms with van der Waals surface area (Å²) in [6.07, 6.45) is 20.7. The van der Waals surface area contributed by atoms with Crippen molar-refractivity contribution >= 4 is 23.9 Å². The summed E-state index contributed by atoms with van der Waals surface area (Å²) in [6, 6.07) is 0. The van der Waals surface area contributed by atoms with Gasteiger partial charge in [-0.25, -0.2) is 0 Å². The van der Waals surface area contributed by atoms with Crippen molar-refractivity contribution < 1.29 is 43.2 Å². The maximum atomic E-state index is 12.0. The number of esters is 4. The van der Waals surface area contributed by atoms with Crippen LogP contribution in [0.25, 0.3) is 0 Å². The summed E-state index contributed by atoms with van der Waals surface area (Å²) in [5.74, 6) is 2.74. The maximum absolute atomic E-state index is 12.0. The molecule has 0 spiro atoms. The van der Waals surface area contributed by atoms with E-state index in [0.29, 0.717) is 48.9 Å². The van der Waals surface area contributed by atoms with Gasteiger partial charge in [0.25, 0.3) is 0 Å². The molecule has 0 amide bonds. The first-order chi connectivity index (χ1) is 29.8. The van der Waals surface area contributed by atoms with Crippen LogP contribution in [0.4, 0.5) is 0 Å². The van der Waals surface area contributed by atoms with Crippen molar-refractivity contribution in [3.63, 3.8) is 0 Å². The monoisotopic (exact) mass is 907 g/mol. The lowest BCUT2D eigenvalue weighted by atomic mass is 9.66. The van der Waals surface area contributed by atoms with Crippen molar-refractivity contribution in [2.45, 2.75) is 226 Å². The van der Waals surface area contributed by atoms with Gasteiger partial charge in [0, 0.05) is 0 Å². The van der Waals surface area contributed by atoms with Gasteiger partial charge in [-0.2, -0.15) is 0 Å². The lowest BCUT2D eigenvalue weighted by molar-refractivity contribution is -0.154. The second-order valence-electron chi connectivity index (χ2n) is 24.0. The summed E-state index contributed by atoms with van der Waals surface area (Å²) < 4.78 is 20.9. The normalized spacial score (nSPS) is 26.5. The van der Waals surface area contributed by atoms with E-state index in [0.717, 1.165) is 64.2 Å². The van der Waals surface area contributed by atoms with E-state index < -0.39 is 0 Å². The van der Waals surface area contributed by atoms with Crippen LogP contribution in [0.2, 0.25) is 0 Å². The van der Waals surface area contributed by atoms with Gasteiger partial charge in [0.05, 0.1) is 50.1 Å². The van der Waals surface area contributed by atoms with Crippen LogP contribution in [-0.4, -0.2) is 62.0 Å². The Kier molecular flexibility index (Phi) is 27.7. The number of aliphatic hydroxyl groups is 1. The summed E-state index contributed by atoms with van der Waals surface area (Å²) in [7, 11) is 0. The Bertz CT molecular complexity index is 1210. The number of aliphatic hydroxyl groups excluding tert-OH is 1. The molecule has 8 atom stereocenters. The molecule has 0 saturated heterocycles. The van der Waals surface area contributed by atoms with E-state index in [2.05, 4.69) is 83.1 Å². The second-order valence-corrected chi connectivity index (χ2v) is 24.0. The van der Waals surface area contributed by atoms with Crippen molar-refractivity contribution in [2.75, 3.05) is 33.0 Å². The third-order valence-corrected chi connectivity index (χ3v) is 14.5. The van der Waals surface area contributed by atoms with Crippen LogP contribution < -0.4 is 0 Å². The zero-order valence-electron chi connectivity index (χ0n) is 44.3. The summed E-state index contributed by atoms with van der Waals surface area (Å²) in [4.78, 5) is 47.5. The molecule has 0 aromatic heterocycles. The third kappa shape index (κ3) is 22.6. The largest absolute Gasteiger partial charge is 0.465 e. The van der Waals surface area contributed by atoms with Crippen LogP contribution in [0.1, 0.15) is 226 Å². The fraction of sp³-hybridized carbons (Fsp3) is 0.927. The molecular weight excluding hydrogens is 805 g/mol. The first-order valence-electron chi connectivity index (χ1n) is 26.1. The standard InChI is InChI=1S/3C14H26O2.C13H24O3/c2*1-5-10-16-13(15)11-8-6-7-9-12(11)14(2,3)4;1-5-9-16-13(15)11-7-6-8-12(10-11)14(2,3)4;1-13(2,3)11-6-4-5-10(9-11)12(15)16-8-7-14/h3*11-12H,5-10H2,1-4H3;10-11,14H,4-9H2,1-3H3. The van der Waals surface area contributed by atoms with E-state index >= 15 is 0 Å². The molecule has 0 aliphatic heterocycles. The summed E-state index contributed by atoms with van der Waals surface area (Å²) in [5.41, 5.74) is 1.03. The van der Waals surface area contributed by atoms with E-state index in [9.17, 15) is 19.2 Å². The van der Waals surface area contributed by atoms with Gasteiger partial charge in [-0.05, 0) is 129 Å². The molecule has 4 aliphatic carbocycles. The molecule has 0 aromatic rings. The van der Waals surface area contributed by atoms with Crippen molar-refractivity contribution in [3.8, 4) is 0 Å². The van der Waals surface area contributed by atoms with E-state index in [1.807, 2.05) is 20.8 Å². The molecule has 9 heteroatoms. The highest BCUT2D eigenvalue weighted by molar-refractivity contribution is 5.74. The van der Waals surface area contributed by atoms with Gasteiger partial charge >= 0.3 is 23.9 Å². The Morgan fingerprint density at radius 1 is 0.406 bits per heavy atom. The molecule has 8 unspecified atom stereocenters. The van der Waals surface area contributed by atoms with Crippen molar-refractivity contribution in [2.24, 2.45) is 69.0 Å². The molecular formula is C55H102O9. The van der Waals surface area contributed by atoms with Crippen LogP contribution in [0.3, 0.4) is 0 Å². The van der Waals surface area contributed by atoms with Crippen molar-refractivity contribution in [1.29, 1.82) is 0 Å². The topological polar surface area (TPSA) is 125 Å². The minimum Gasteiger partial charge on any atom is -0.465 e. The molecule has 4 saturated carbocycles. The molecule has 0 bridgehead atoms. The van der Waals surface area contributed by atoms with E-state index in [-0.39, 0.29) is 77.0 Å². The van der Waals surface area contributed by atoms with Gasteiger partial charge in [-0.3, -0.25) is 19.2 Å². The zero-order chi connectivity index (χ0) is 48.7. The van der Waals surface area contributed by atoms with E-state index in [4.69, 9.17) is 24.1 Å². The average Bonchev–Trinajstić information content (AvgIpc) is 3.25. The lowest BCUT2D eigenvalue weighted by Gasteiger charge is -2.39. The summed E-state index contributed by atoms with van der Waals surface area (Å²) >= 11 is 0. The molecule has 4 fully saturated rings. The quantitative estimate of drug-likeness (QED) is 0.150. The van der Waals surface area contributed by atoms with Gasteiger partial charge in [0.15, 0.2) is 0 Å². The van der Waals surface area contributed by atoms with Gasteiger partial charge in [0.2, 0.25) is 0 Å². The van der Waals surface area contributed by atoms with Crippen LogP contribution >= 0.6 is 0 Å². The van der Waals surface area contributed by atoms with Crippen LogP contribution in [0, 0.1) is 69.0 Å². The van der Waals surface area contributed by atoms with Crippen LogP contribution in [-0.2, 0) is 38.1 Å². The molecule has 0 aromatic carbocycles. The Balaban J connectivity index is 0.000000427. The van der Waals surface area contributed by atoms with Crippen LogP contribution in [0.5, 0.6) is 0 Å². The molecule has 376 valence electrons. The fourth-order valence-electron chi connectivity index (χ4n) is 10.5. The Labute approximate surface area is 393 Å². The summed E-state index contributed by atoms with van der Waals surface area (Å²) in [6.45, 7) is 34.9. The molecule has 1 N–H and O–H groups in total. The number of ether oxygens (including phenoxy) is 4. The number of carbonyl (C=O) groups excluding carboxylic acids is 4. The highest BCUT2D eigenvalue weighted by atomic mass is 16.5. The van der Waals surface area contributed by atoms with Gasteiger partial charge in [-0.1, -0.05) is 142 Å². The smallest absolute Gasteiger partial charge is 0.309 e. The molecule has 4 aliphatic rings. The maximum Gasteiger partial charge on any atom is 0.309 e. The minimum absolute atomic E-state index is 0.0378.